The number of aliphatic hydroxyl groups excluding tert-OH is 1. The SMILES string of the molecule is O=S(=O)(c1cccs1)N1CCCCN2[C@H](C1)[C@H](c1ccc(C3=CCCCC3)cc1)[C@@H]2CO. The van der Waals surface area contributed by atoms with Crippen molar-refractivity contribution in [1.29, 1.82) is 0 Å². The number of benzene rings is 1. The van der Waals surface area contributed by atoms with Crippen LogP contribution in [0.5, 0.6) is 0 Å². The van der Waals surface area contributed by atoms with Gasteiger partial charge in [0.2, 0.25) is 0 Å². The minimum absolute atomic E-state index is 0.0594. The third-order valence-corrected chi connectivity index (χ3v) is 10.6. The highest BCUT2D eigenvalue weighted by molar-refractivity contribution is 7.91. The molecule has 0 bridgehead atoms. The van der Waals surface area contributed by atoms with Gasteiger partial charge >= 0.3 is 0 Å². The van der Waals surface area contributed by atoms with Gasteiger partial charge in [0.15, 0.2) is 0 Å². The topological polar surface area (TPSA) is 60.9 Å². The molecule has 5 nitrogen and oxygen atoms in total. The summed E-state index contributed by atoms with van der Waals surface area (Å²) in [5.41, 5.74) is 3.94. The summed E-state index contributed by atoms with van der Waals surface area (Å²) in [6.07, 6.45) is 9.01. The highest BCUT2D eigenvalue weighted by Crippen LogP contribution is 2.43. The van der Waals surface area contributed by atoms with Crippen molar-refractivity contribution in [3.63, 3.8) is 0 Å². The monoisotopic (exact) mass is 472 g/mol. The highest BCUT2D eigenvalue weighted by atomic mass is 32.2. The van der Waals surface area contributed by atoms with Crippen LogP contribution in [0.25, 0.3) is 5.57 Å². The summed E-state index contributed by atoms with van der Waals surface area (Å²) in [4.78, 5) is 2.33. The zero-order valence-corrected chi connectivity index (χ0v) is 20.0. The number of aliphatic hydroxyl groups is 1. The summed E-state index contributed by atoms with van der Waals surface area (Å²) in [5.74, 6) is 0.147. The Balaban J connectivity index is 1.40. The Labute approximate surface area is 195 Å². The highest BCUT2D eigenvalue weighted by Gasteiger charge is 2.50. The molecule has 7 heteroatoms. The number of hydrogen-bond acceptors (Lipinski definition) is 5. The van der Waals surface area contributed by atoms with Crippen LogP contribution in [0.2, 0.25) is 0 Å². The lowest BCUT2D eigenvalue weighted by Gasteiger charge is -2.57. The van der Waals surface area contributed by atoms with Crippen LogP contribution in [0.1, 0.15) is 55.6 Å². The van der Waals surface area contributed by atoms with Crippen LogP contribution in [0.3, 0.4) is 0 Å². The molecular weight excluding hydrogens is 440 g/mol. The third-order valence-electron chi connectivity index (χ3n) is 7.38. The van der Waals surface area contributed by atoms with Crippen molar-refractivity contribution in [3.05, 3.63) is 59.0 Å². The predicted octanol–water partition coefficient (Wildman–Crippen LogP) is 4.32. The first-order valence-corrected chi connectivity index (χ1v) is 14.1. The van der Waals surface area contributed by atoms with Crippen LogP contribution in [0.15, 0.2) is 52.1 Å². The average molecular weight is 473 g/mol. The Morgan fingerprint density at radius 3 is 2.53 bits per heavy atom. The molecule has 3 aliphatic rings. The zero-order chi connectivity index (χ0) is 22.1. The van der Waals surface area contributed by atoms with E-state index in [9.17, 15) is 13.5 Å². The van der Waals surface area contributed by atoms with E-state index in [4.69, 9.17) is 0 Å². The minimum Gasteiger partial charge on any atom is -0.395 e. The Morgan fingerprint density at radius 2 is 1.84 bits per heavy atom. The maximum absolute atomic E-state index is 13.3. The maximum Gasteiger partial charge on any atom is 0.252 e. The molecule has 1 aromatic carbocycles. The molecule has 0 amide bonds. The quantitative estimate of drug-likeness (QED) is 0.704. The van der Waals surface area contributed by atoms with Crippen molar-refractivity contribution < 1.29 is 13.5 Å². The van der Waals surface area contributed by atoms with Crippen molar-refractivity contribution in [3.8, 4) is 0 Å². The summed E-state index contributed by atoms with van der Waals surface area (Å²) in [6.45, 7) is 2.07. The van der Waals surface area contributed by atoms with Crippen LogP contribution in [-0.2, 0) is 10.0 Å². The smallest absolute Gasteiger partial charge is 0.252 e. The number of thiophene rings is 1. The van der Waals surface area contributed by atoms with Crippen LogP contribution >= 0.6 is 11.3 Å². The van der Waals surface area contributed by atoms with E-state index in [0.717, 1.165) is 32.2 Å². The van der Waals surface area contributed by atoms with Gasteiger partial charge in [-0.3, -0.25) is 4.90 Å². The van der Waals surface area contributed by atoms with Crippen LogP contribution in [-0.4, -0.2) is 61.1 Å². The lowest BCUT2D eigenvalue weighted by molar-refractivity contribution is -0.0553. The Kier molecular flexibility index (Phi) is 6.54. The number of allylic oxidation sites excluding steroid dienone is 2. The first-order valence-electron chi connectivity index (χ1n) is 11.8. The van der Waals surface area contributed by atoms with Crippen molar-refractivity contribution in [2.24, 2.45) is 0 Å². The number of hydrogen-bond donors (Lipinski definition) is 1. The number of fused-ring (bicyclic) bond motifs is 1. The van der Waals surface area contributed by atoms with Crippen LogP contribution in [0, 0.1) is 0 Å². The van der Waals surface area contributed by atoms with Crippen LogP contribution < -0.4 is 0 Å². The van der Waals surface area contributed by atoms with Crippen molar-refractivity contribution in [2.45, 2.75) is 60.7 Å². The molecule has 2 aliphatic heterocycles. The molecule has 0 spiro atoms. The molecular formula is C25H32N2O3S2. The molecule has 0 saturated carbocycles. The van der Waals surface area contributed by atoms with Gasteiger partial charge in [-0.15, -0.1) is 11.3 Å². The molecule has 3 heterocycles. The van der Waals surface area contributed by atoms with Crippen LogP contribution in [0.4, 0.5) is 0 Å². The molecule has 5 rings (SSSR count). The van der Waals surface area contributed by atoms with E-state index in [0.29, 0.717) is 17.3 Å². The van der Waals surface area contributed by atoms with E-state index >= 15 is 0 Å². The Morgan fingerprint density at radius 1 is 1.03 bits per heavy atom. The fourth-order valence-electron chi connectivity index (χ4n) is 5.68. The van der Waals surface area contributed by atoms with Gasteiger partial charge in [-0.25, -0.2) is 8.42 Å². The third kappa shape index (κ3) is 4.10. The van der Waals surface area contributed by atoms with Gasteiger partial charge in [-0.05, 0) is 73.2 Å². The number of nitrogens with zero attached hydrogens (tertiary/aromatic N) is 2. The van der Waals surface area contributed by atoms with Gasteiger partial charge < -0.3 is 5.11 Å². The second kappa shape index (κ2) is 9.39. The molecule has 1 aliphatic carbocycles. The number of rotatable bonds is 5. The Bertz CT molecular complexity index is 1050. The fraction of sp³-hybridized carbons (Fsp3) is 0.520. The second-order valence-corrected chi connectivity index (χ2v) is 12.3. The van der Waals surface area contributed by atoms with Gasteiger partial charge in [0.1, 0.15) is 4.21 Å². The summed E-state index contributed by atoms with van der Waals surface area (Å²) in [6, 6.07) is 12.5. The Hall–Kier alpha value is -1.51. The van der Waals surface area contributed by atoms with E-state index in [1.54, 1.807) is 16.4 Å². The van der Waals surface area contributed by atoms with Crippen molar-refractivity contribution in [2.75, 3.05) is 26.2 Å². The van der Waals surface area contributed by atoms with E-state index < -0.39 is 10.0 Å². The van der Waals surface area contributed by atoms with E-state index in [-0.39, 0.29) is 24.6 Å². The molecule has 2 aromatic rings. The minimum atomic E-state index is -3.48. The molecule has 172 valence electrons. The van der Waals surface area contributed by atoms with Gasteiger partial charge in [-0.1, -0.05) is 36.4 Å². The summed E-state index contributed by atoms with van der Waals surface area (Å²) < 4.78 is 28.6. The molecule has 3 atom stereocenters. The van der Waals surface area contributed by atoms with Gasteiger partial charge in [0, 0.05) is 31.1 Å². The summed E-state index contributed by atoms with van der Waals surface area (Å²) in [5, 5.41) is 12.0. The standard InChI is InChI=1S/C25H32N2O3S2/c28-18-23-25(21-12-10-20(11-13-21)19-7-2-1-3-8-19)22-17-26(14-4-5-15-27(22)23)32(29,30)24-9-6-16-31-24/h6-7,9-13,16,22-23,25,28H,1-5,8,14-15,17-18H2/t22-,23+,25+/m1/s1. The molecule has 2 saturated heterocycles. The predicted molar refractivity (Wildman–Crippen MR) is 129 cm³/mol. The molecule has 1 N–H and O–H groups in total. The van der Waals surface area contributed by atoms with Gasteiger partial charge in [0.05, 0.1) is 6.61 Å². The fourth-order valence-corrected chi connectivity index (χ4v) is 8.33. The molecule has 1 aromatic heterocycles. The molecule has 2 fully saturated rings. The normalized spacial score (nSPS) is 27.7. The van der Waals surface area contributed by atoms with Gasteiger partial charge in [-0.2, -0.15) is 4.31 Å². The molecule has 0 unspecified atom stereocenters. The number of sulfonamides is 1. The van der Waals surface area contributed by atoms with E-state index in [1.807, 2.05) is 5.38 Å². The first-order chi connectivity index (χ1) is 15.6. The second-order valence-electron chi connectivity index (χ2n) is 9.18. The lowest BCUT2D eigenvalue weighted by Crippen LogP contribution is -2.67. The lowest BCUT2D eigenvalue weighted by atomic mass is 9.74. The molecule has 32 heavy (non-hydrogen) atoms. The largest absolute Gasteiger partial charge is 0.395 e. The van der Waals surface area contributed by atoms with Gasteiger partial charge in [0.25, 0.3) is 10.0 Å². The van der Waals surface area contributed by atoms with E-state index in [1.165, 1.54) is 40.9 Å². The van der Waals surface area contributed by atoms with E-state index in [2.05, 4.69) is 35.2 Å². The summed E-state index contributed by atoms with van der Waals surface area (Å²) >= 11 is 1.28. The molecule has 0 radical (unpaired) electrons. The summed E-state index contributed by atoms with van der Waals surface area (Å²) in [7, 11) is -3.48. The zero-order valence-electron chi connectivity index (χ0n) is 18.4. The average Bonchev–Trinajstić information content (AvgIpc) is 3.35. The maximum atomic E-state index is 13.3. The van der Waals surface area contributed by atoms with Crippen molar-refractivity contribution in [1.82, 2.24) is 9.21 Å². The van der Waals surface area contributed by atoms with Crippen molar-refractivity contribution >= 4 is 26.9 Å². The first kappa shape index (κ1) is 22.3.